The first-order valence-electron chi connectivity index (χ1n) is 6.40. The lowest BCUT2D eigenvalue weighted by molar-refractivity contribution is 0.109. The van der Waals surface area contributed by atoms with Crippen molar-refractivity contribution in [3.8, 4) is 5.75 Å². The van der Waals surface area contributed by atoms with Crippen LogP contribution < -0.4 is 10.5 Å². The Kier molecular flexibility index (Phi) is 5.88. The Morgan fingerprint density at radius 1 is 1.11 bits per heavy atom. The van der Waals surface area contributed by atoms with Crippen LogP contribution in [0.3, 0.4) is 0 Å². The Hall–Kier alpha value is -1.36. The Balaban J connectivity index is 1.58. The maximum absolute atomic E-state index is 5.65. The van der Waals surface area contributed by atoms with Gasteiger partial charge >= 0.3 is 0 Å². The molecule has 0 saturated heterocycles. The van der Waals surface area contributed by atoms with Gasteiger partial charge in [0.05, 0.1) is 19.8 Å². The van der Waals surface area contributed by atoms with Crippen molar-refractivity contribution >= 4 is 11.3 Å². The van der Waals surface area contributed by atoms with Gasteiger partial charge in [-0.3, -0.25) is 0 Å². The van der Waals surface area contributed by atoms with Crippen molar-refractivity contribution in [2.75, 3.05) is 13.2 Å². The molecule has 1 aromatic carbocycles. The molecule has 19 heavy (non-hydrogen) atoms. The second-order valence-electron chi connectivity index (χ2n) is 4.19. The lowest BCUT2D eigenvalue weighted by atomic mass is 10.2. The van der Waals surface area contributed by atoms with Crippen molar-refractivity contribution < 1.29 is 9.47 Å². The first-order chi connectivity index (χ1) is 9.38. The molecular formula is C15H19NO2S. The maximum Gasteiger partial charge on any atom is 0.119 e. The molecule has 0 fully saturated rings. The molecule has 2 aromatic rings. The summed E-state index contributed by atoms with van der Waals surface area (Å²) in [6.07, 6.45) is 0.887. The van der Waals surface area contributed by atoms with Crippen molar-refractivity contribution in [3.05, 3.63) is 52.2 Å². The number of ether oxygens (including phenoxy) is 2. The third-order valence-electron chi connectivity index (χ3n) is 2.66. The maximum atomic E-state index is 5.65. The van der Waals surface area contributed by atoms with E-state index in [2.05, 4.69) is 11.4 Å². The standard InChI is InChI=1S/C15H19NO2S/c16-11-13-4-1-5-14(10-13)18-8-3-7-17-12-15-6-2-9-19-15/h1-2,4-6,9-10H,3,7-8,11-12,16H2. The molecule has 0 spiro atoms. The summed E-state index contributed by atoms with van der Waals surface area (Å²) in [7, 11) is 0. The van der Waals surface area contributed by atoms with Gasteiger partial charge in [-0.2, -0.15) is 0 Å². The van der Waals surface area contributed by atoms with E-state index in [0.29, 0.717) is 26.4 Å². The highest BCUT2D eigenvalue weighted by molar-refractivity contribution is 7.09. The Labute approximate surface area is 118 Å². The summed E-state index contributed by atoms with van der Waals surface area (Å²) in [6.45, 7) is 2.62. The third-order valence-corrected chi connectivity index (χ3v) is 3.51. The van der Waals surface area contributed by atoms with Gasteiger partial charge in [-0.05, 0) is 29.1 Å². The Morgan fingerprint density at radius 3 is 2.84 bits per heavy atom. The molecule has 4 heteroatoms. The van der Waals surface area contributed by atoms with E-state index in [9.17, 15) is 0 Å². The van der Waals surface area contributed by atoms with E-state index < -0.39 is 0 Å². The van der Waals surface area contributed by atoms with E-state index >= 15 is 0 Å². The topological polar surface area (TPSA) is 44.5 Å². The second kappa shape index (κ2) is 7.94. The quantitative estimate of drug-likeness (QED) is 0.754. The van der Waals surface area contributed by atoms with Gasteiger partial charge in [-0.25, -0.2) is 0 Å². The molecule has 0 atom stereocenters. The number of rotatable bonds is 8. The first-order valence-corrected chi connectivity index (χ1v) is 7.28. The second-order valence-corrected chi connectivity index (χ2v) is 5.22. The minimum Gasteiger partial charge on any atom is -0.493 e. The van der Waals surface area contributed by atoms with Crippen LogP contribution in [0.4, 0.5) is 0 Å². The smallest absolute Gasteiger partial charge is 0.119 e. The number of benzene rings is 1. The molecule has 1 aromatic heterocycles. The molecule has 0 amide bonds. The fourth-order valence-electron chi connectivity index (χ4n) is 1.68. The fraction of sp³-hybridized carbons (Fsp3) is 0.333. The highest BCUT2D eigenvalue weighted by Gasteiger charge is 1.97. The van der Waals surface area contributed by atoms with E-state index in [1.54, 1.807) is 11.3 Å². The predicted octanol–water partition coefficient (Wildman–Crippen LogP) is 3.19. The van der Waals surface area contributed by atoms with E-state index in [4.69, 9.17) is 15.2 Å². The number of nitrogens with two attached hydrogens (primary N) is 1. The van der Waals surface area contributed by atoms with Gasteiger partial charge in [0.15, 0.2) is 0 Å². The molecule has 102 valence electrons. The van der Waals surface area contributed by atoms with E-state index in [0.717, 1.165) is 17.7 Å². The predicted molar refractivity (Wildman–Crippen MR) is 78.4 cm³/mol. The molecule has 0 aliphatic rings. The van der Waals surface area contributed by atoms with E-state index in [-0.39, 0.29) is 0 Å². The summed E-state index contributed by atoms with van der Waals surface area (Å²) in [5.74, 6) is 0.876. The highest BCUT2D eigenvalue weighted by Crippen LogP contribution is 2.13. The molecule has 2 rings (SSSR count). The van der Waals surface area contributed by atoms with E-state index in [1.165, 1.54) is 4.88 Å². The molecule has 0 aliphatic carbocycles. The lowest BCUT2D eigenvalue weighted by Gasteiger charge is -2.07. The number of thiophene rings is 1. The van der Waals surface area contributed by atoms with Gasteiger partial charge < -0.3 is 15.2 Å². The van der Waals surface area contributed by atoms with Crippen molar-refractivity contribution in [2.45, 2.75) is 19.6 Å². The summed E-state index contributed by atoms with van der Waals surface area (Å²) in [5.41, 5.74) is 6.67. The van der Waals surface area contributed by atoms with Crippen LogP contribution >= 0.6 is 11.3 Å². The normalized spacial score (nSPS) is 10.6. The highest BCUT2D eigenvalue weighted by atomic mass is 32.1. The van der Waals surface area contributed by atoms with Crippen LogP contribution in [-0.2, 0) is 17.9 Å². The fourth-order valence-corrected chi connectivity index (χ4v) is 2.32. The minimum atomic E-state index is 0.543. The molecule has 0 saturated carbocycles. The van der Waals surface area contributed by atoms with Crippen LogP contribution in [0.5, 0.6) is 5.75 Å². The molecule has 1 heterocycles. The summed E-state index contributed by atoms with van der Waals surface area (Å²) >= 11 is 1.72. The van der Waals surface area contributed by atoms with Crippen LogP contribution in [0.15, 0.2) is 41.8 Å². The van der Waals surface area contributed by atoms with Gasteiger partial charge in [0, 0.05) is 17.8 Å². The SMILES string of the molecule is NCc1cccc(OCCCOCc2cccs2)c1. The van der Waals surface area contributed by atoms with Gasteiger partial charge in [0.1, 0.15) is 5.75 Å². The lowest BCUT2D eigenvalue weighted by Crippen LogP contribution is -2.03. The number of hydrogen-bond acceptors (Lipinski definition) is 4. The zero-order valence-electron chi connectivity index (χ0n) is 10.9. The van der Waals surface area contributed by atoms with Crippen molar-refractivity contribution in [1.29, 1.82) is 0 Å². The third kappa shape index (κ3) is 5.03. The molecule has 0 aliphatic heterocycles. The van der Waals surface area contributed by atoms with Gasteiger partial charge in [-0.15, -0.1) is 11.3 Å². The summed E-state index contributed by atoms with van der Waals surface area (Å²) in [4.78, 5) is 1.26. The van der Waals surface area contributed by atoms with Crippen LogP contribution in [0, 0.1) is 0 Å². The van der Waals surface area contributed by atoms with Gasteiger partial charge in [-0.1, -0.05) is 18.2 Å². The minimum absolute atomic E-state index is 0.543. The zero-order valence-corrected chi connectivity index (χ0v) is 11.7. The van der Waals surface area contributed by atoms with Crippen LogP contribution in [-0.4, -0.2) is 13.2 Å². The van der Waals surface area contributed by atoms with Crippen LogP contribution in [0.2, 0.25) is 0 Å². The zero-order chi connectivity index (χ0) is 13.3. The molecule has 2 N–H and O–H groups in total. The van der Waals surface area contributed by atoms with Crippen molar-refractivity contribution in [2.24, 2.45) is 5.73 Å². The summed E-state index contributed by atoms with van der Waals surface area (Å²) in [6, 6.07) is 12.0. The molecule has 0 radical (unpaired) electrons. The van der Waals surface area contributed by atoms with Crippen molar-refractivity contribution in [3.63, 3.8) is 0 Å². The molecular weight excluding hydrogens is 258 g/mol. The van der Waals surface area contributed by atoms with Crippen LogP contribution in [0.25, 0.3) is 0 Å². The summed E-state index contributed by atoms with van der Waals surface area (Å²) in [5, 5.41) is 2.06. The average molecular weight is 277 g/mol. The van der Waals surface area contributed by atoms with Crippen molar-refractivity contribution in [1.82, 2.24) is 0 Å². The van der Waals surface area contributed by atoms with E-state index in [1.807, 2.05) is 30.3 Å². The first kappa shape index (κ1) is 14.1. The molecule has 0 unspecified atom stereocenters. The Bertz CT molecular complexity index is 471. The summed E-state index contributed by atoms with van der Waals surface area (Å²) < 4.78 is 11.2. The monoisotopic (exact) mass is 277 g/mol. The van der Waals surface area contributed by atoms with Crippen LogP contribution in [0.1, 0.15) is 16.9 Å². The molecule has 0 bridgehead atoms. The van der Waals surface area contributed by atoms with Gasteiger partial charge in [0.25, 0.3) is 0 Å². The Morgan fingerprint density at radius 2 is 2.05 bits per heavy atom. The molecule has 3 nitrogen and oxygen atoms in total. The number of hydrogen-bond donors (Lipinski definition) is 1. The average Bonchev–Trinajstić information content (AvgIpc) is 2.96. The largest absolute Gasteiger partial charge is 0.493 e. The van der Waals surface area contributed by atoms with Gasteiger partial charge in [0.2, 0.25) is 0 Å².